The van der Waals surface area contributed by atoms with E-state index in [0.717, 1.165) is 25.7 Å². The van der Waals surface area contributed by atoms with Gasteiger partial charge in [-0.2, -0.15) is 0 Å². The molecule has 0 unspecified atom stereocenters. The summed E-state index contributed by atoms with van der Waals surface area (Å²) in [5.74, 6) is -1.04. The van der Waals surface area contributed by atoms with Crippen molar-refractivity contribution >= 4 is 12.0 Å². The number of likely N-dealkylation sites (tertiary alicyclic amines) is 1. The number of amides is 2. The maximum Gasteiger partial charge on any atom is 0.317 e. The highest BCUT2D eigenvalue weighted by molar-refractivity contribution is 5.75. The van der Waals surface area contributed by atoms with Crippen LogP contribution < -0.4 is 5.32 Å². The molecule has 0 aromatic heterocycles. The second-order valence-electron chi connectivity index (χ2n) is 6.13. The lowest BCUT2D eigenvalue weighted by molar-refractivity contribution is -0.143. The predicted octanol–water partition coefficient (Wildman–Crippen LogP) is 2.91. The lowest BCUT2D eigenvalue weighted by Crippen LogP contribution is -2.45. The molecule has 1 fully saturated rings. The molecule has 1 saturated heterocycles. The van der Waals surface area contributed by atoms with E-state index in [0.29, 0.717) is 32.5 Å². The monoisotopic (exact) mass is 318 g/mol. The van der Waals surface area contributed by atoms with Crippen LogP contribution in [-0.4, -0.2) is 41.6 Å². The molecule has 0 radical (unpaired) electrons. The van der Waals surface area contributed by atoms with Gasteiger partial charge in [0.25, 0.3) is 0 Å². The SMILES string of the molecule is O=C(O)C1CCN(C(=O)NCCCCCc2ccccc2)CC1. The van der Waals surface area contributed by atoms with Crippen LogP contribution in [0.15, 0.2) is 30.3 Å². The van der Waals surface area contributed by atoms with E-state index in [1.165, 1.54) is 5.56 Å². The van der Waals surface area contributed by atoms with Gasteiger partial charge in [-0.1, -0.05) is 36.8 Å². The van der Waals surface area contributed by atoms with Gasteiger partial charge in [0.1, 0.15) is 0 Å². The molecule has 5 nitrogen and oxygen atoms in total. The van der Waals surface area contributed by atoms with Gasteiger partial charge in [0.15, 0.2) is 0 Å². The molecule has 1 aliphatic heterocycles. The third-order valence-electron chi connectivity index (χ3n) is 4.39. The molecule has 5 heteroatoms. The molecule has 1 aromatic rings. The first-order chi connectivity index (χ1) is 11.2. The molecular weight excluding hydrogens is 292 g/mol. The summed E-state index contributed by atoms with van der Waals surface area (Å²) in [4.78, 5) is 24.6. The van der Waals surface area contributed by atoms with E-state index in [1.807, 2.05) is 6.07 Å². The summed E-state index contributed by atoms with van der Waals surface area (Å²) < 4.78 is 0. The quantitative estimate of drug-likeness (QED) is 0.760. The van der Waals surface area contributed by atoms with Crippen LogP contribution in [0.2, 0.25) is 0 Å². The van der Waals surface area contributed by atoms with E-state index in [1.54, 1.807) is 4.90 Å². The topological polar surface area (TPSA) is 69.6 Å². The fourth-order valence-corrected chi connectivity index (χ4v) is 2.91. The Kier molecular flexibility index (Phi) is 6.91. The minimum Gasteiger partial charge on any atom is -0.481 e. The first-order valence-electron chi connectivity index (χ1n) is 8.46. The molecule has 126 valence electrons. The Hall–Kier alpha value is -2.04. The third-order valence-corrected chi connectivity index (χ3v) is 4.39. The van der Waals surface area contributed by atoms with Gasteiger partial charge < -0.3 is 15.3 Å². The Bertz CT molecular complexity index is 496. The number of aryl methyl sites for hydroxylation is 1. The number of nitrogens with zero attached hydrogens (tertiary/aromatic N) is 1. The summed E-state index contributed by atoms with van der Waals surface area (Å²) in [7, 11) is 0. The molecule has 2 amide bonds. The minimum atomic E-state index is -0.747. The summed E-state index contributed by atoms with van der Waals surface area (Å²) >= 11 is 0. The number of rotatable bonds is 7. The van der Waals surface area contributed by atoms with Crippen molar-refractivity contribution in [3.8, 4) is 0 Å². The van der Waals surface area contributed by atoms with Gasteiger partial charge in [-0.25, -0.2) is 4.79 Å². The van der Waals surface area contributed by atoms with E-state index >= 15 is 0 Å². The number of carboxylic acids is 1. The average molecular weight is 318 g/mol. The number of carbonyl (C=O) groups excluding carboxylic acids is 1. The molecule has 2 N–H and O–H groups in total. The second-order valence-corrected chi connectivity index (χ2v) is 6.13. The van der Waals surface area contributed by atoms with Crippen LogP contribution in [0.1, 0.15) is 37.7 Å². The fraction of sp³-hybridized carbons (Fsp3) is 0.556. The molecule has 0 bridgehead atoms. The predicted molar refractivity (Wildman–Crippen MR) is 89.3 cm³/mol. The molecule has 23 heavy (non-hydrogen) atoms. The Morgan fingerprint density at radius 1 is 1.09 bits per heavy atom. The van der Waals surface area contributed by atoms with Gasteiger partial charge >= 0.3 is 12.0 Å². The Morgan fingerprint density at radius 3 is 2.43 bits per heavy atom. The van der Waals surface area contributed by atoms with Crippen LogP contribution in [0.5, 0.6) is 0 Å². The molecular formula is C18H26N2O3. The average Bonchev–Trinajstić information content (AvgIpc) is 2.58. The summed E-state index contributed by atoms with van der Waals surface area (Å²) in [6, 6.07) is 10.4. The fourth-order valence-electron chi connectivity index (χ4n) is 2.91. The zero-order valence-corrected chi connectivity index (χ0v) is 13.5. The number of urea groups is 1. The summed E-state index contributed by atoms with van der Waals surface area (Å²) in [5, 5.41) is 11.9. The zero-order valence-electron chi connectivity index (χ0n) is 13.5. The maximum absolute atomic E-state index is 12.0. The molecule has 2 rings (SSSR count). The van der Waals surface area contributed by atoms with Crippen LogP contribution in [0.25, 0.3) is 0 Å². The highest BCUT2D eigenvalue weighted by atomic mass is 16.4. The Balaban J connectivity index is 1.53. The summed E-state index contributed by atoms with van der Waals surface area (Å²) in [6.07, 6.45) is 5.39. The molecule has 1 heterocycles. The van der Waals surface area contributed by atoms with Gasteiger partial charge in [-0.3, -0.25) is 4.79 Å². The molecule has 1 aliphatic rings. The van der Waals surface area contributed by atoms with E-state index in [9.17, 15) is 9.59 Å². The van der Waals surface area contributed by atoms with Gasteiger partial charge in [-0.05, 0) is 37.7 Å². The molecule has 0 saturated carbocycles. The Labute approximate surface area is 137 Å². The number of carboxylic acid groups (broad SMARTS) is 1. The van der Waals surface area contributed by atoms with Crippen molar-refractivity contribution in [3.05, 3.63) is 35.9 Å². The first-order valence-corrected chi connectivity index (χ1v) is 8.46. The zero-order chi connectivity index (χ0) is 16.5. The van der Waals surface area contributed by atoms with Crippen molar-refractivity contribution in [1.29, 1.82) is 0 Å². The molecule has 0 atom stereocenters. The van der Waals surface area contributed by atoms with Gasteiger partial charge in [0.05, 0.1) is 5.92 Å². The normalized spacial score (nSPS) is 15.4. The van der Waals surface area contributed by atoms with Crippen molar-refractivity contribution < 1.29 is 14.7 Å². The smallest absolute Gasteiger partial charge is 0.317 e. The van der Waals surface area contributed by atoms with Crippen molar-refractivity contribution in [2.75, 3.05) is 19.6 Å². The lowest BCUT2D eigenvalue weighted by atomic mass is 9.97. The number of hydrogen-bond acceptors (Lipinski definition) is 2. The third kappa shape index (κ3) is 5.93. The van der Waals surface area contributed by atoms with Gasteiger partial charge in [-0.15, -0.1) is 0 Å². The van der Waals surface area contributed by atoms with Crippen LogP contribution >= 0.6 is 0 Å². The summed E-state index contributed by atoms with van der Waals surface area (Å²) in [5.41, 5.74) is 1.36. The number of carbonyl (C=O) groups is 2. The van der Waals surface area contributed by atoms with Crippen LogP contribution in [0.4, 0.5) is 4.79 Å². The van der Waals surface area contributed by atoms with Crippen molar-refractivity contribution in [2.45, 2.75) is 38.5 Å². The second kappa shape index (κ2) is 9.18. The van der Waals surface area contributed by atoms with Crippen molar-refractivity contribution in [1.82, 2.24) is 10.2 Å². The maximum atomic E-state index is 12.0. The number of benzene rings is 1. The van der Waals surface area contributed by atoms with E-state index < -0.39 is 5.97 Å². The Morgan fingerprint density at radius 2 is 1.78 bits per heavy atom. The van der Waals surface area contributed by atoms with Crippen molar-refractivity contribution in [2.24, 2.45) is 5.92 Å². The van der Waals surface area contributed by atoms with Crippen LogP contribution in [-0.2, 0) is 11.2 Å². The highest BCUT2D eigenvalue weighted by Crippen LogP contribution is 2.17. The standard InChI is InChI=1S/C18H26N2O3/c21-17(22)16-10-13-20(14-11-16)18(23)19-12-6-2-5-9-15-7-3-1-4-8-15/h1,3-4,7-8,16H,2,5-6,9-14H2,(H,19,23)(H,21,22). The largest absolute Gasteiger partial charge is 0.481 e. The molecule has 0 spiro atoms. The lowest BCUT2D eigenvalue weighted by Gasteiger charge is -2.30. The van der Waals surface area contributed by atoms with Crippen LogP contribution in [0.3, 0.4) is 0 Å². The first kappa shape index (κ1) is 17.3. The number of piperidine rings is 1. The summed E-state index contributed by atoms with van der Waals surface area (Å²) in [6.45, 7) is 1.76. The van der Waals surface area contributed by atoms with Crippen molar-refractivity contribution in [3.63, 3.8) is 0 Å². The number of aliphatic carboxylic acids is 1. The molecule has 0 aliphatic carbocycles. The van der Waals surface area contributed by atoms with Gasteiger partial charge in [0, 0.05) is 19.6 Å². The number of unbranched alkanes of at least 4 members (excludes halogenated alkanes) is 2. The van der Waals surface area contributed by atoms with E-state index in [-0.39, 0.29) is 11.9 Å². The highest BCUT2D eigenvalue weighted by Gasteiger charge is 2.26. The number of nitrogens with one attached hydrogen (secondary N) is 1. The van der Waals surface area contributed by atoms with Gasteiger partial charge in [0.2, 0.25) is 0 Å². The number of hydrogen-bond donors (Lipinski definition) is 2. The van der Waals surface area contributed by atoms with Crippen LogP contribution in [0, 0.1) is 5.92 Å². The van der Waals surface area contributed by atoms with E-state index in [2.05, 4.69) is 29.6 Å². The van der Waals surface area contributed by atoms with E-state index in [4.69, 9.17) is 5.11 Å². The minimum absolute atomic E-state index is 0.0584. The molecule has 1 aromatic carbocycles.